The molecule has 0 aliphatic carbocycles. The Morgan fingerprint density at radius 1 is 1.10 bits per heavy atom. The SMILES string of the molecule is CCOc1ccc(O[C@H](C)C(=O)NNC(=O)c2ccc(NC)c([N+](=O)[O-])c2)cc1. The quantitative estimate of drug-likeness (QED) is 0.456. The predicted molar refractivity (Wildman–Crippen MR) is 106 cm³/mol. The smallest absolute Gasteiger partial charge is 0.293 e. The van der Waals surface area contributed by atoms with Gasteiger partial charge < -0.3 is 14.8 Å². The second kappa shape index (κ2) is 9.93. The van der Waals surface area contributed by atoms with Crippen molar-refractivity contribution in [1.29, 1.82) is 0 Å². The van der Waals surface area contributed by atoms with Gasteiger partial charge in [0.2, 0.25) is 0 Å². The molecule has 3 N–H and O–H groups in total. The summed E-state index contributed by atoms with van der Waals surface area (Å²) < 4.78 is 10.8. The number of hydrogen-bond acceptors (Lipinski definition) is 7. The Balaban J connectivity index is 1.93. The number of carbonyl (C=O) groups excluding carboxylic acids is 2. The van der Waals surface area contributed by atoms with E-state index in [0.29, 0.717) is 18.1 Å². The number of carbonyl (C=O) groups is 2. The summed E-state index contributed by atoms with van der Waals surface area (Å²) in [5, 5.41) is 13.8. The molecule has 2 amide bonds. The average Bonchev–Trinajstić information content (AvgIpc) is 2.72. The maximum Gasteiger partial charge on any atom is 0.293 e. The lowest BCUT2D eigenvalue weighted by Gasteiger charge is -2.15. The first-order chi connectivity index (χ1) is 13.8. The molecule has 0 radical (unpaired) electrons. The van der Waals surface area contributed by atoms with Crippen LogP contribution in [0.4, 0.5) is 11.4 Å². The molecular weight excluding hydrogens is 380 g/mol. The fraction of sp³-hybridized carbons (Fsp3) is 0.263. The van der Waals surface area contributed by atoms with Crippen molar-refractivity contribution in [1.82, 2.24) is 10.9 Å². The van der Waals surface area contributed by atoms with Crippen LogP contribution in [0.3, 0.4) is 0 Å². The number of hydrazine groups is 1. The molecule has 1 atom stereocenters. The molecule has 0 unspecified atom stereocenters. The van der Waals surface area contributed by atoms with Gasteiger partial charge in [-0.3, -0.25) is 30.6 Å². The van der Waals surface area contributed by atoms with Crippen LogP contribution in [-0.4, -0.2) is 36.5 Å². The maximum atomic E-state index is 12.2. The van der Waals surface area contributed by atoms with Crippen molar-refractivity contribution in [3.05, 3.63) is 58.1 Å². The summed E-state index contributed by atoms with van der Waals surface area (Å²) in [5.74, 6) is -0.144. The van der Waals surface area contributed by atoms with E-state index in [0.717, 1.165) is 6.07 Å². The summed E-state index contributed by atoms with van der Waals surface area (Å²) >= 11 is 0. The highest BCUT2D eigenvalue weighted by atomic mass is 16.6. The molecule has 0 aliphatic heterocycles. The van der Waals surface area contributed by atoms with E-state index in [-0.39, 0.29) is 16.9 Å². The monoisotopic (exact) mass is 402 g/mol. The van der Waals surface area contributed by atoms with Gasteiger partial charge in [0.25, 0.3) is 17.5 Å². The summed E-state index contributed by atoms with van der Waals surface area (Å²) in [6.45, 7) is 3.93. The van der Waals surface area contributed by atoms with Gasteiger partial charge >= 0.3 is 0 Å². The van der Waals surface area contributed by atoms with Gasteiger partial charge in [0.15, 0.2) is 6.10 Å². The van der Waals surface area contributed by atoms with E-state index in [4.69, 9.17) is 9.47 Å². The van der Waals surface area contributed by atoms with Gasteiger partial charge in [0, 0.05) is 18.7 Å². The molecule has 0 aliphatic rings. The van der Waals surface area contributed by atoms with E-state index in [2.05, 4.69) is 16.2 Å². The standard InChI is InChI=1S/C19H22N4O6/c1-4-28-14-6-8-15(9-7-14)29-12(2)18(24)21-22-19(25)13-5-10-16(20-3)17(11-13)23(26)27/h5-12,20H,4H2,1-3H3,(H,21,24)(H,22,25)/t12-/m1/s1. The Morgan fingerprint density at radius 3 is 2.34 bits per heavy atom. The fourth-order valence-corrected chi connectivity index (χ4v) is 2.37. The Hall–Kier alpha value is -3.82. The number of nitro groups is 1. The average molecular weight is 402 g/mol. The Kier molecular flexibility index (Phi) is 7.35. The largest absolute Gasteiger partial charge is 0.494 e. The van der Waals surface area contributed by atoms with Crippen LogP contribution >= 0.6 is 0 Å². The first kappa shape index (κ1) is 21.5. The second-order valence-corrected chi connectivity index (χ2v) is 5.85. The van der Waals surface area contributed by atoms with E-state index in [1.54, 1.807) is 24.3 Å². The van der Waals surface area contributed by atoms with E-state index in [1.807, 2.05) is 6.92 Å². The first-order valence-electron chi connectivity index (χ1n) is 8.81. The van der Waals surface area contributed by atoms with Crippen LogP contribution in [0.5, 0.6) is 11.5 Å². The van der Waals surface area contributed by atoms with Gasteiger partial charge in [0.05, 0.1) is 11.5 Å². The first-order valence-corrected chi connectivity index (χ1v) is 8.81. The predicted octanol–water partition coefficient (Wildman–Crippen LogP) is 2.26. The molecule has 154 valence electrons. The number of amides is 2. The number of benzene rings is 2. The van der Waals surface area contributed by atoms with Gasteiger partial charge in [-0.15, -0.1) is 0 Å². The van der Waals surface area contributed by atoms with Gasteiger partial charge in [-0.1, -0.05) is 0 Å². The van der Waals surface area contributed by atoms with Crippen molar-refractivity contribution in [3.63, 3.8) is 0 Å². The third kappa shape index (κ3) is 5.83. The molecule has 10 nitrogen and oxygen atoms in total. The van der Waals surface area contributed by atoms with E-state index in [9.17, 15) is 19.7 Å². The van der Waals surface area contributed by atoms with Crippen molar-refractivity contribution in [3.8, 4) is 11.5 Å². The minimum absolute atomic E-state index is 0.0242. The van der Waals surface area contributed by atoms with Gasteiger partial charge in [0.1, 0.15) is 17.2 Å². The van der Waals surface area contributed by atoms with Crippen LogP contribution in [0.1, 0.15) is 24.2 Å². The summed E-state index contributed by atoms with van der Waals surface area (Å²) in [6.07, 6.45) is -0.894. The van der Waals surface area contributed by atoms with Crippen LogP contribution < -0.4 is 25.6 Å². The molecular formula is C19H22N4O6. The summed E-state index contributed by atoms with van der Waals surface area (Å²) in [6, 6.07) is 10.7. The van der Waals surface area contributed by atoms with Crippen molar-refractivity contribution in [2.24, 2.45) is 0 Å². The van der Waals surface area contributed by atoms with Crippen LogP contribution in [-0.2, 0) is 4.79 Å². The normalized spacial score (nSPS) is 11.1. The maximum absolute atomic E-state index is 12.2. The highest BCUT2D eigenvalue weighted by Crippen LogP contribution is 2.25. The Bertz CT molecular complexity index is 885. The van der Waals surface area contributed by atoms with E-state index >= 15 is 0 Å². The Labute approximate surface area is 167 Å². The molecule has 0 aromatic heterocycles. The van der Waals surface area contributed by atoms with E-state index < -0.39 is 22.8 Å². The second-order valence-electron chi connectivity index (χ2n) is 5.85. The minimum Gasteiger partial charge on any atom is -0.494 e. The number of anilines is 1. The van der Waals surface area contributed by atoms with Crippen molar-refractivity contribution in [2.45, 2.75) is 20.0 Å². The molecule has 0 heterocycles. The van der Waals surface area contributed by atoms with Gasteiger partial charge in [-0.2, -0.15) is 0 Å². The molecule has 0 bridgehead atoms. The van der Waals surface area contributed by atoms with Crippen molar-refractivity contribution >= 4 is 23.2 Å². The number of nitro benzene ring substituents is 1. The van der Waals surface area contributed by atoms with Gasteiger partial charge in [-0.05, 0) is 50.2 Å². The molecule has 0 saturated heterocycles. The lowest BCUT2D eigenvalue weighted by Crippen LogP contribution is -2.47. The fourth-order valence-electron chi connectivity index (χ4n) is 2.37. The molecule has 10 heteroatoms. The zero-order valence-corrected chi connectivity index (χ0v) is 16.2. The molecule has 2 aromatic carbocycles. The zero-order chi connectivity index (χ0) is 21.4. The minimum atomic E-state index is -0.894. The molecule has 29 heavy (non-hydrogen) atoms. The van der Waals surface area contributed by atoms with E-state index in [1.165, 1.54) is 26.1 Å². The molecule has 2 rings (SSSR count). The highest BCUT2D eigenvalue weighted by molar-refractivity contribution is 5.97. The number of nitrogens with one attached hydrogen (secondary N) is 3. The number of rotatable bonds is 8. The summed E-state index contributed by atoms with van der Waals surface area (Å²) in [7, 11) is 1.54. The lowest BCUT2D eigenvalue weighted by atomic mass is 10.1. The molecule has 0 saturated carbocycles. The summed E-state index contributed by atoms with van der Waals surface area (Å²) in [4.78, 5) is 34.8. The molecule has 0 spiro atoms. The highest BCUT2D eigenvalue weighted by Gasteiger charge is 2.19. The van der Waals surface area contributed by atoms with Crippen molar-refractivity contribution in [2.75, 3.05) is 19.0 Å². The Morgan fingerprint density at radius 2 is 1.76 bits per heavy atom. The summed E-state index contributed by atoms with van der Waals surface area (Å²) in [5.41, 5.74) is 4.49. The number of ether oxygens (including phenoxy) is 2. The molecule has 2 aromatic rings. The molecule has 0 fully saturated rings. The number of hydrogen-bond donors (Lipinski definition) is 3. The van der Waals surface area contributed by atoms with Gasteiger partial charge in [-0.25, -0.2) is 0 Å². The topological polar surface area (TPSA) is 132 Å². The van der Waals surface area contributed by atoms with Crippen LogP contribution in [0.15, 0.2) is 42.5 Å². The van der Waals surface area contributed by atoms with Crippen LogP contribution in [0, 0.1) is 10.1 Å². The third-order valence-corrected chi connectivity index (χ3v) is 3.84. The van der Waals surface area contributed by atoms with Crippen LogP contribution in [0.2, 0.25) is 0 Å². The third-order valence-electron chi connectivity index (χ3n) is 3.84. The number of nitrogens with zero attached hydrogens (tertiary/aromatic N) is 1. The zero-order valence-electron chi connectivity index (χ0n) is 16.2. The van der Waals surface area contributed by atoms with Crippen molar-refractivity contribution < 1.29 is 24.0 Å². The lowest BCUT2D eigenvalue weighted by molar-refractivity contribution is -0.384. The van der Waals surface area contributed by atoms with Crippen LogP contribution in [0.25, 0.3) is 0 Å².